The molecule has 1 heterocycles. The van der Waals surface area contributed by atoms with Crippen LogP contribution in [0.5, 0.6) is 0 Å². The van der Waals surface area contributed by atoms with Crippen LogP contribution in [0.15, 0.2) is 24.3 Å². The van der Waals surface area contributed by atoms with Crippen molar-refractivity contribution in [2.45, 2.75) is 52.7 Å². The number of hydrogen-bond acceptors (Lipinski definition) is 2. The van der Waals surface area contributed by atoms with E-state index in [9.17, 15) is 0 Å². The van der Waals surface area contributed by atoms with E-state index < -0.39 is 0 Å². The summed E-state index contributed by atoms with van der Waals surface area (Å²) >= 11 is 6.35. The average molecular weight is 309 g/mol. The monoisotopic (exact) mass is 308 g/mol. The zero-order valence-electron chi connectivity index (χ0n) is 13.8. The number of nitrogens with zero attached hydrogens (tertiary/aromatic N) is 1. The van der Waals surface area contributed by atoms with Crippen LogP contribution < -0.4 is 5.32 Å². The molecule has 1 aromatic rings. The molecule has 2 nitrogen and oxygen atoms in total. The van der Waals surface area contributed by atoms with Crippen LogP contribution in [-0.2, 0) is 6.54 Å². The molecule has 1 N–H and O–H groups in total. The van der Waals surface area contributed by atoms with Crippen molar-refractivity contribution in [3.63, 3.8) is 0 Å². The molecule has 0 aromatic heterocycles. The lowest BCUT2D eigenvalue weighted by Gasteiger charge is -2.42. The van der Waals surface area contributed by atoms with Gasteiger partial charge >= 0.3 is 0 Å². The quantitative estimate of drug-likeness (QED) is 0.877. The molecule has 0 bridgehead atoms. The second-order valence-corrected chi connectivity index (χ2v) is 7.47. The fourth-order valence-corrected chi connectivity index (χ4v) is 3.34. The second-order valence-electron chi connectivity index (χ2n) is 7.06. The summed E-state index contributed by atoms with van der Waals surface area (Å²) in [7, 11) is 0. The first kappa shape index (κ1) is 16.8. The Labute approximate surface area is 134 Å². The van der Waals surface area contributed by atoms with Gasteiger partial charge in [-0.05, 0) is 29.9 Å². The van der Waals surface area contributed by atoms with E-state index >= 15 is 0 Å². The Kier molecular flexibility index (Phi) is 6.09. The third-order valence-electron chi connectivity index (χ3n) is 4.44. The van der Waals surface area contributed by atoms with E-state index in [0.717, 1.165) is 30.6 Å². The minimum absolute atomic E-state index is 0.580. The first-order valence-corrected chi connectivity index (χ1v) is 8.56. The summed E-state index contributed by atoms with van der Waals surface area (Å²) < 4.78 is 0. The highest BCUT2D eigenvalue weighted by Crippen LogP contribution is 2.23. The van der Waals surface area contributed by atoms with Crippen LogP contribution in [0.25, 0.3) is 0 Å². The summed E-state index contributed by atoms with van der Waals surface area (Å²) in [5.74, 6) is 1.39. The van der Waals surface area contributed by atoms with Crippen LogP contribution in [0.2, 0.25) is 5.02 Å². The number of benzene rings is 1. The SMILES string of the molecule is CC(C)CC1CNC(C(C)C)CN1Cc1ccccc1Cl. The van der Waals surface area contributed by atoms with Gasteiger partial charge in [0.15, 0.2) is 0 Å². The van der Waals surface area contributed by atoms with Crippen molar-refractivity contribution in [1.82, 2.24) is 10.2 Å². The maximum atomic E-state index is 6.35. The lowest BCUT2D eigenvalue weighted by Crippen LogP contribution is -2.57. The topological polar surface area (TPSA) is 15.3 Å². The van der Waals surface area contributed by atoms with Gasteiger partial charge in [-0.15, -0.1) is 0 Å². The molecule has 2 unspecified atom stereocenters. The van der Waals surface area contributed by atoms with Gasteiger partial charge in [-0.1, -0.05) is 57.5 Å². The number of halogens is 1. The molecule has 1 aliphatic heterocycles. The van der Waals surface area contributed by atoms with Crippen LogP contribution >= 0.6 is 11.6 Å². The smallest absolute Gasteiger partial charge is 0.0451 e. The van der Waals surface area contributed by atoms with Gasteiger partial charge < -0.3 is 5.32 Å². The maximum absolute atomic E-state index is 6.35. The summed E-state index contributed by atoms with van der Waals surface area (Å²) in [5.41, 5.74) is 1.25. The van der Waals surface area contributed by atoms with Gasteiger partial charge in [-0.25, -0.2) is 0 Å². The molecule has 0 saturated carbocycles. The molecule has 2 rings (SSSR count). The Morgan fingerprint density at radius 3 is 2.57 bits per heavy atom. The van der Waals surface area contributed by atoms with Crippen molar-refractivity contribution in [2.24, 2.45) is 11.8 Å². The van der Waals surface area contributed by atoms with Crippen molar-refractivity contribution in [2.75, 3.05) is 13.1 Å². The molecule has 1 aromatic carbocycles. The van der Waals surface area contributed by atoms with Crippen molar-refractivity contribution in [3.8, 4) is 0 Å². The molecular formula is C18H29ClN2. The third-order valence-corrected chi connectivity index (χ3v) is 4.81. The number of rotatable bonds is 5. The summed E-state index contributed by atoms with van der Waals surface area (Å²) in [6.45, 7) is 12.4. The van der Waals surface area contributed by atoms with Crippen LogP contribution in [0, 0.1) is 11.8 Å². The fourth-order valence-electron chi connectivity index (χ4n) is 3.14. The predicted molar refractivity (Wildman–Crippen MR) is 91.7 cm³/mol. The molecule has 0 spiro atoms. The first-order valence-electron chi connectivity index (χ1n) is 8.18. The minimum atomic E-state index is 0.580. The van der Waals surface area contributed by atoms with Gasteiger partial charge in [-0.2, -0.15) is 0 Å². The molecule has 1 saturated heterocycles. The van der Waals surface area contributed by atoms with E-state index in [-0.39, 0.29) is 0 Å². The highest BCUT2D eigenvalue weighted by Gasteiger charge is 2.29. The molecule has 1 fully saturated rings. The zero-order chi connectivity index (χ0) is 15.4. The van der Waals surface area contributed by atoms with Gasteiger partial charge in [0.1, 0.15) is 0 Å². The van der Waals surface area contributed by atoms with Gasteiger partial charge in [-0.3, -0.25) is 4.90 Å². The highest BCUT2D eigenvalue weighted by atomic mass is 35.5. The molecule has 21 heavy (non-hydrogen) atoms. The van der Waals surface area contributed by atoms with Crippen molar-refractivity contribution in [1.29, 1.82) is 0 Å². The number of hydrogen-bond donors (Lipinski definition) is 1. The normalized spacial score (nSPS) is 24.0. The third kappa shape index (κ3) is 4.70. The van der Waals surface area contributed by atoms with E-state index in [2.05, 4.69) is 50.0 Å². The van der Waals surface area contributed by atoms with Crippen LogP contribution in [0.4, 0.5) is 0 Å². The molecule has 118 valence electrons. The summed E-state index contributed by atoms with van der Waals surface area (Å²) in [6, 6.07) is 9.43. The highest BCUT2D eigenvalue weighted by molar-refractivity contribution is 6.31. The molecule has 0 amide bonds. The van der Waals surface area contributed by atoms with E-state index in [1.54, 1.807) is 0 Å². The summed E-state index contributed by atoms with van der Waals surface area (Å²) in [5, 5.41) is 4.62. The lowest BCUT2D eigenvalue weighted by atomic mass is 9.94. The standard InChI is InChI=1S/C18H29ClN2/c1-13(2)9-16-10-20-18(14(3)4)12-21(16)11-15-7-5-6-8-17(15)19/h5-8,13-14,16,18,20H,9-12H2,1-4H3. The Balaban J connectivity index is 2.11. The van der Waals surface area contributed by atoms with Crippen LogP contribution in [0.1, 0.15) is 39.7 Å². The van der Waals surface area contributed by atoms with E-state index in [4.69, 9.17) is 11.6 Å². The Morgan fingerprint density at radius 2 is 1.95 bits per heavy atom. The van der Waals surface area contributed by atoms with Crippen molar-refractivity contribution in [3.05, 3.63) is 34.9 Å². The molecule has 1 aliphatic rings. The fraction of sp³-hybridized carbons (Fsp3) is 0.667. The van der Waals surface area contributed by atoms with E-state index in [0.29, 0.717) is 18.0 Å². The van der Waals surface area contributed by atoms with E-state index in [1.807, 2.05) is 12.1 Å². The molecule has 0 radical (unpaired) electrons. The zero-order valence-corrected chi connectivity index (χ0v) is 14.5. The number of nitrogens with one attached hydrogen (secondary N) is 1. The summed E-state index contributed by atoms with van der Waals surface area (Å²) in [4.78, 5) is 2.63. The maximum Gasteiger partial charge on any atom is 0.0451 e. The van der Waals surface area contributed by atoms with Crippen LogP contribution in [-0.4, -0.2) is 30.1 Å². The predicted octanol–water partition coefficient (Wildman–Crippen LogP) is 4.18. The van der Waals surface area contributed by atoms with E-state index in [1.165, 1.54) is 12.0 Å². The summed E-state index contributed by atoms with van der Waals surface area (Å²) in [6.07, 6.45) is 1.24. The Bertz CT molecular complexity index is 445. The lowest BCUT2D eigenvalue weighted by molar-refractivity contribution is 0.0924. The Morgan fingerprint density at radius 1 is 1.24 bits per heavy atom. The van der Waals surface area contributed by atoms with Crippen LogP contribution in [0.3, 0.4) is 0 Å². The molecular weight excluding hydrogens is 280 g/mol. The van der Waals surface area contributed by atoms with Gasteiger partial charge in [0, 0.05) is 36.7 Å². The number of piperazine rings is 1. The molecule has 3 heteroatoms. The van der Waals surface area contributed by atoms with Crippen molar-refractivity contribution >= 4 is 11.6 Å². The molecule has 2 atom stereocenters. The first-order chi connectivity index (χ1) is 9.97. The minimum Gasteiger partial charge on any atom is -0.311 e. The Hall–Kier alpha value is -0.570. The van der Waals surface area contributed by atoms with Gasteiger partial charge in [0.05, 0.1) is 0 Å². The largest absolute Gasteiger partial charge is 0.311 e. The second kappa shape index (κ2) is 7.62. The molecule has 0 aliphatic carbocycles. The average Bonchev–Trinajstić information content (AvgIpc) is 2.42. The van der Waals surface area contributed by atoms with Crippen molar-refractivity contribution < 1.29 is 0 Å². The van der Waals surface area contributed by atoms with Gasteiger partial charge in [0.25, 0.3) is 0 Å². The van der Waals surface area contributed by atoms with Gasteiger partial charge in [0.2, 0.25) is 0 Å².